The number of carboxylic acids is 1. The van der Waals surface area contributed by atoms with Crippen molar-refractivity contribution in [1.82, 2.24) is 9.80 Å². The first kappa shape index (κ1) is 15.3. The molecule has 108 valence electrons. The molecule has 0 bridgehead atoms. The van der Waals surface area contributed by atoms with Gasteiger partial charge in [-0.05, 0) is 33.6 Å². The van der Waals surface area contributed by atoms with Gasteiger partial charge in [0.25, 0.3) is 0 Å². The highest BCUT2D eigenvalue weighted by atomic mass is 16.4. The van der Waals surface area contributed by atoms with Crippen LogP contribution in [0.4, 0.5) is 4.79 Å². The minimum absolute atomic E-state index is 0.206. The molecule has 1 unspecified atom stereocenters. The molecule has 0 aromatic heterocycles. The van der Waals surface area contributed by atoms with Crippen LogP contribution in [0, 0.1) is 0 Å². The number of nitrogens with two attached hydrogens (primary N) is 1. The van der Waals surface area contributed by atoms with E-state index >= 15 is 0 Å². The van der Waals surface area contributed by atoms with E-state index in [-0.39, 0.29) is 12.6 Å². The van der Waals surface area contributed by atoms with Crippen LogP contribution in [0.5, 0.6) is 0 Å². The van der Waals surface area contributed by atoms with Gasteiger partial charge in [0.15, 0.2) is 0 Å². The smallest absolute Gasteiger partial charge is 0.329 e. The molecule has 1 aliphatic rings. The molecule has 0 aromatic rings. The number of hydrogen-bond acceptors (Lipinski definition) is 3. The summed E-state index contributed by atoms with van der Waals surface area (Å²) in [6.07, 6.45) is 1.05. The lowest BCUT2D eigenvalue weighted by atomic mass is 9.99. The van der Waals surface area contributed by atoms with Gasteiger partial charge in [0, 0.05) is 12.6 Å². The van der Waals surface area contributed by atoms with E-state index in [1.807, 2.05) is 0 Å². The molecule has 1 rings (SSSR count). The molecule has 3 amide bonds. The van der Waals surface area contributed by atoms with Crippen molar-refractivity contribution < 1.29 is 19.5 Å². The van der Waals surface area contributed by atoms with E-state index in [9.17, 15) is 19.5 Å². The number of primary amides is 1. The zero-order valence-corrected chi connectivity index (χ0v) is 11.5. The fourth-order valence-electron chi connectivity index (χ4n) is 2.29. The van der Waals surface area contributed by atoms with Crippen molar-refractivity contribution in [2.24, 2.45) is 5.73 Å². The molecular formula is C12H21N3O4. The Balaban J connectivity index is 2.96. The van der Waals surface area contributed by atoms with Gasteiger partial charge in [-0.1, -0.05) is 0 Å². The third-order valence-electron chi connectivity index (χ3n) is 3.53. The van der Waals surface area contributed by atoms with E-state index in [4.69, 9.17) is 5.73 Å². The summed E-state index contributed by atoms with van der Waals surface area (Å²) in [6, 6.07) is -0.671. The molecule has 7 nitrogen and oxygen atoms in total. The summed E-state index contributed by atoms with van der Waals surface area (Å²) in [5.41, 5.74) is 3.92. The summed E-state index contributed by atoms with van der Waals surface area (Å²) in [6.45, 7) is 5.22. The van der Waals surface area contributed by atoms with Gasteiger partial charge >= 0.3 is 12.0 Å². The lowest BCUT2D eigenvalue weighted by Gasteiger charge is -2.37. The lowest BCUT2D eigenvalue weighted by Crippen LogP contribution is -2.57. The molecule has 1 saturated heterocycles. The summed E-state index contributed by atoms with van der Waals surface area (Å²) >= 11 is 0. The second kappa shape index (κ2) is 5.46. The molecule has 1 heterocycles. The van der Waals surface area contributed by atoms with Crippen LogP contribution in [0.3, 0.4) is 0 Å². The number of aliphatic carboxylic acids is 1. The van der Waals surface area contributed by atoms with Gasteiger partial charge in [0.2, 0.25) is 5.91 Å². The number of carbonyl (C=O) groups is 3. The normalized spacial score (nSPS) is 22.6. The molecule has 19 heavy (non-hydrogen) atoms. The topological polar surface area (TPSA) is 104 Å². The van der Waals surface area contributed by atoms with Gasteiger partial charge < -0.3 is 20.6 Å². The van der Waals surface area contributed by atoms with Crippen molar-refractivity contribution in [1.29, 1.82) is 0 Å². The Hall–Kier alpha value is -1.79. The van der Waals surface area contributed by atoms with Crippen molar-refractivity contribution in [3.05, 3.63) is 0 Å². The SMILES string of the molecule is CC(C)N(CC(N)=O)C(=O)N1CCCC1(C)C(=O)O. The Morgan fingerprint density at radius 2 is 2.00 bits per heavy atom. The van der Waals surface area contributed by atoms with E-state index in [1.165, 1.54) is 16.7 Å². The molecule has 7 heteroatoms. The van der Waals surface area contributed by atoms with Gasteiger partial charge in [-0.2, -0.15) is 0 Å². The molecule has 3 N–H and O–H groups in total. The fourth-order valence-corrected chi connectivity index (χ4v) is 2.29. The van der Waals surface area contributed by atoms with Crippen LogP contribution in [0.1, 0.15) is 33.6 Å². The molecule has 0 aromatic carbocycles. The first-order valence-corrected chi connectivity index (χ1v) is 6.30. The average Bonchev–Trinajstić information content (AvgIpc) is 2.68. The third kappa shape index (κ3) is 2.97. The third-order valence-corrected chi connectivity index (χ3v) is 3.53. The largest absolute Gasteiger partial charge is 0.480 e. The molecule has 1 atom stereocenters. The average molecular weight is 271 g/mol. The highest BCUT2D eigenvalue weighted by Crippen LogP contribution is 2.30. The number of likely N-dealkylation sites (tertiary alicyclic amines) is 1. The van der Waals surface area contributed by atoms with Gasteiger partial charge in [-0.25, -0.2) is 9.59 Å². The van der Waals surface area contributed by atoms with Crippen molar-refractivity contribution in [2.45, 2.75) is 45.2 Å². The highest BCUT2D eigenvalue weighted by Gasteiger charge is 2.47. The molecule has 1 fully saturated rings. The molecule has 0 radical (unpaired) electrons. The van der Waals surface area contributed by atoms with Crippen LogP contribution < -0.4 is 5.73 Å². The first-order valence-electron chi connectivity index (χ1n) is 6.30. The maximum atomic E-state index is 12.4. The van der Waals surface area contributed by atoms with E-state index < -0.39 is 23.4 Å². The van der Waals surface area contributed by atoms with Crippen molar-refractivity contribution in [3.63, 3.8) is 0 Å². The summed E-state index contributed by atoms with van der Waals surface area (Å²) in [4.78, 5) is 37.4. The van der Waals surface area contributed by atoms with Crippen LogP contribution >= 0.6 is 0 Å². The first-order chi connectivity index (χ1) is 8.70. The van der Waals surface area contributed by atoms with Gasteiger partial charge in [0.05, 0.1) is 0 Å². The number of amides is 3. The van der Waals surface area contributed by atoms with Crippen LogP contribution in [-0.4, -0.2) is 57.5 Å². The van der Waals surface area contributed by atoms with Crippen LogP contribution in [0.25, 0.3) is 0 Å². The maximum absolute atomic E-state index is 12.4. The number of nitrogens with zero attached hydrogens (tertiary/aromatic N) is 2. The number of urea groups is 1. The van der Waals surface area contributed by atoms with Crippen LogP contribution in [0.2, 0.25) is 0 Å². The second-order valence-electron chi connectivity index (χ2n) is 5.30. The Morgan fingerprint density at radius 1 is 1.42 bits per heavy atom. The molecule has 0 saturated carbocycles. The molecular weight excluding hydrogens is 250 g/mol. The van der Waals surface area contributed by atoms with E-state index in [0.717, 1.165) is 0 Å². The molecule has 0 aliphatic carbocycles. The Morgan fingerprint density at radius 3 is 2.42 bits per heavy atom. The maximum Gasteiger partial charge on any atom is 0.329 e. The van der Waals surface area contributed by atoms with Gasteiger partial charge in [-0.15, -0.1) is 0 Å². The fraction of sp³-hybridized carbons (Fsp3) is 0.750. The standard InChI is InChI=1S/C12H21N3O4/c1-8(2)14(7-9(13)16)11(19)15-6-4-5-12(15,3)10(17)18/h8H,4-7H2,1-3H3,(H2,13,16)(H,17,18). The Bertz CT molecular complexity index is 396. The highest BCUT2D eigenvalue weighted by molar-refractivity contribution is 5.89. The minimum atomic E-state index is -1.21. The minimum Gasteiger partial charge on any atom is -0.480 e. The summed E-state index contributed by atoms with van der Waals surface area (Å²) in [5.74, 6) is -1.64. The lowest BCUT2D eigenvalue weighted by molar-refractivity contribution is -0.147. The summed E-state index contributed by atoms with van der Waals surface area (Å²) in [7, 11) is 0. The predicted octanol–water partition coefficient (Wildman–Crippen LogP) is 0.241. The Kier molecular flexibility index (Phi) is 4.39. The van der Waals surface area contributed by atoms with E-state index in [1.54, 1.807) is 13.8 Å². The van der Waals surface area contributed by atoms with E-state index in [2.05, 4.69) is 0 Å². The number of hydrogen-bond donors (Lipinski definition) is 2. The predicted molar refractivity (Wildman–Crippen MR) is 68.4 cm³/mol. The van der Waals surface area contributed by atoms with Gasteiger partial charge in [0.1, 0.15) is 12.1 Å². The van der Waals surface area contributed by atoms with Crippen LogP contribution in [0.15, 0.2) is 0 Å². The number of carbonyl (C=O) groups excluding carboxylic acids is 2. The Labute approximate surface area is 112 Å². The monoisotopic (exact) mass is 271 g/mol. The molecule has 0 spiro atoms. The van der Waals surface area contributed by atoms with Crippen molar-refractivity contribution in [2.75, 3.05) is 13.1 Å². The van der Waals surface area contributed by atoms with Crippen molar-refractivity contribution in [3.8, 4) is 0 Å². The van der Waals surface area contributed by atoms with E-state index in [0.29, 0.717) is 19.4 Å². The van der Waals surface area contributed by atoms with Crippen molar-refractivity contribution >= 4 is 17.9 Å². The summed E-state index contributed by atoms with van der Waals surface area (Å²) in [5, 5.41) is 9.29. The second-order valence-corrected chi connectivity index (χ2v) is 5.30. The number of carboxylic acid groups (broad SMARTS) is 1. The summed E-state index contributed by atoms with van der Waals surface area (Å²) < 4.78 is 0. The zero-order valence-electron chi connectivity index (χ0n) is 11.5. The quantitative estimate of drug-likeness (QED) is 0.764. The van der Waals surface area contributed by atoms with Crippen LogP contribution in [-0.2, 0) is 9.59 Å². The number of rotatable bonds is 4. The zero-order chi connectivity index (χ0) is 14.8. The molecule has 1 aliphatic heterocycles. The van der Waals surface area contributed by atoms with Gasteiger partial charge in [-0.3, -0.25) is 4.79 Å².